The highest BCUT2D eigenvalue weighted by molar-refractivity contribution is 5.89. The second-order valence-electron chi connectivity index (χ2n) is 4.42. The zero-order chi connectivity index (χ0) is 11.1. The molecule has 1 fully saturated rings. The van der Waals surface area contributed by atoms with E-state index < -0.39 is 0 Å². The van der Waals surface area contributed by atoms with Crippen LogP contribution in [0.2, 0.25) is 0 Å². The molecule has 16 heavy (non-hydrogen) atoms. The summed E-state index contributed by atoms with van der Waals surface area (Å²) in [6.07, 6.45) is 0.906. The van der Waals surface area contributed by atoms with Crippen LogP contribution in [0.5, 0.6) is 0 Å². The van der Waals surface area contributed by atoms with Gasteiger partial charge in [0, 0.05) is 5.92 Å². The Bertz CT molecular complexity index is 556. The Kier molecular flexibility index (Phi) is 1.96. The van der Waals surface area contributed by atoms with Gasteiger partial charge in [0.2, 0.25) is 5.91 Å². The minimum Gasteiger partial charge on any atom is -0.369 e. The Balaban J connectivity index is 2.08. The molecule has 0 bridgehead atoms. The zero-order valence-corrected chi connectivity index (χ0v) is 8.89. The number of amides is 1. The number of benzene rings is 2. The molecule has 0 aromatic heterocycles. The molecular formula is C14H13NO. The minimum atomic E-state index is -0.169. The first-order chi connectivity index (χ1) is 7.77. The van der Waals surface area contributed by atoms with Crippen LogP contribution in [0.1, 0.15) is 17.9 Å². The van der Waals surface area contributed by atoms with Gasteiger partial charge in [0.1, 0.15) is 0 Å². The lowest BCUT2D eigenvalue weighted by Gasteiger charge is -2.04. The Hall–Kier alpha value is -1.83. The van der Waals surface area contributed by atoms with Crippen molar-refractivity contribution in [3.63, 3.8) is 0 Å². The number of fused-ring (bicyclic) bond motifs is 1. The van der Waals surface area contributed by atoms with Gasteiger partial charge in [-0.25, -0.2) is 0 Å². The van der Waals surface area contributed by atoms with Crippen LogP contribution < -0.4 is 5.73 Å². The number of primary amides is 1. The highest BCUT2D eigenvalue weighted by atomic mass is 16.1. The summed E-state index contributed by atoms with van der Waals surface area (Å²) in [6.45, 7) is 0. The molecule has 2 atom stereocenters. The average molecular weight is 211 g/mol. The van der Waals surface area contributed by atoms with Gasteiger partial charge in [-0.15, -0.1) is 0 Å². The lowest BCUT2D eigenvalue weighted by atomic mass is 10.0. The van der Waals surface area contributed by atoms with Gasteiger partial charge in [0.15, 0.2) is 0 Å². The van der Waals surface area contributed by atoms with Gasteiger partial charge >= 0.3 is 0 Å². The van der Waals surface area contributed by atoms with Gasteiger partial charge in [0.25, 0.3) is 0 Å². The van der Waals surface area contributed by atoms with Gasteiger partial charge in [0.05, 0.1) is 0 Å². The van der Waals surface area contributed by atoms with Crippen LogP contribution in [-0.2, 0) is 4.79 Å². The highest BCUT2D eigenvalue weighted by Crippen LogP contribution is 2.49. The van der Waals surface area contributed by atoms with E-state index in [0.29, 0.717) is 5.92 Å². The predicted octanol–water partition coefficient (Wildman–Crippen LogP) is 2.43. The largest absolute Gasteiger partial charge is 0.369 e. The normalized spacial score (nSPS) is 23.2. The maximum atomic E-state index is 11.1. The molecule has 2 nitrogen and oxygen atoms in total. The van der Waals surface area contributed by atoms with Crippen molar-refractivity contribution in [2.24, 2.45) is 11.7 Å². The SMILES string of the molecule is NC(=O)C1CC1c1cccc2ccccc12. The molecule has 1 aliphatic rings. The number of carbonyl (C=O) groups excluding carboxylic acids is 1. The van der Waals surface area contributed by atoms with Crippen molar-refractivity contribution in [1.82, 2.24) is 0 Å². The maximum Gasteiger partial charge on any atom is 0.221 e. The second kappa shape index (κ2) is 3.34. The summed E-state index contributed by atoms with van der Waals surface area (Å²) < 4.78 is 0. The molecule has 2 N–H and O–H groups in total. The number of carbonyl (C=O) groups is 1. The molecule has 80 valence electrons. The quantitative estimate of drug-likeness (QED) is 0.814. The molecule has 0 heterocycles. The monoisotopic (exact) mass is 211 g/mol. The third-order valence-electron chi connectivity index (χ3n) is 3.38. The van der Waals surface area contributed by atoms with E-state index in [1.807, 2.05) is 18.2 Å². The minimum absolute atomic E-state index is 0.0470. The molecule has 0 spiro atoms. The van der Waals surface area contributed by atoms with Gasteiger partial charge in [-0.2, -0.15) is 0 Å². The molecule has 2 aromatic rings. The van der Waals surface area contributed by atoms with Crippen molar-refractivity contribution in [3.8, 4) is 0 Å². The first-order valence-corrected chi connectivity index (χ1v) is 5.54. The molecule has 2 heteroatoms. The Morgan fingerprint density at radius 1 is 1.12 bits per heavy atom. The third-order valence-corrected chi connectivity index (χ3v) is 3.38. The number of hydrogen-bond donors (Lipinski definition) is 1. The lowest BCUT2D eigenvalue weighted by Crippen LogP contribution is -2.13. The fourth-order valence-electron chi connectivity index (χ4n) is 2.43. The topological polar surface area (TPSA) is 43.1 Å². The van der Waals surface area contributed by atoms with E-state index in [1.54, 1.807) is 0 Å². The molecule has 1 aliphatic carbocycles. The molecule has 2 unspecified atom stereocenters. The van der Waals surface area contributed by atoms with E-state index in [0.717, 1.165) is 6.42 Å². The molecule has 1 saturated carbocycles. The van der Waals surface area contributed by atoms with Crippen LogP contribution in [0.3, 0.4) is 0 Å². The van der Waals surface area contributed by atoms with Crippen LogP contribution in [0.25, 0.3) is 10.8 Å². The summed E-state index contributed by atoms with van der Waals surface area (Å²) in [6, 6.07) is 14.5. The van der Waals surface area contributed by atoms with Crippen molar-refractivity contribution >= 4 is 16.7 Å². The standard InChI is InChI=1S/C14H13NO/c15-14(16)13-8-12(13)11-7-3-5-9-4-1-2-6-10(9)11/h1-7,12-13H,8H2,(H2,15,16). The van der Waals surface area contributed by atoms with Gasteiger partial charge in [-0.1, -0.05) is 42.5 Å². The highest BCUT2D eigenvalue weighted by Gasteiger charge is 2.43. The fourth-order valence-corrected chi connectivity index (χ4v) is 2.43. The molecule has 2 aromatic carbocycles. The van der Waals surface area contributed by atoms with E-state index in [9.17, 15) is 4.79 Å². The smallest absolute Gasteiger partial charge is 0.221 e. The van der Waals surface area contributed by atoms with Crippen molar-refractivity contribution in [2.75, 3.05) is 0 Å². The fraction of sp³-hybridized carbons (Fsp3) is 0.214. The van der Waals surface area contributed by atoms with Crippen molar-refractivity contribution in [2.45, 2.75) is 12.3 Å². The average Bonchev–Trinajstić information content (AvgIpc) is 3.08. The first-order valence-electron chi connectivity index (χ1n) is 5.54. The van der Waals surface area contributed by atoms with Crippen molar-refractivity contribution in [1.29, 1.82) is 0 Å². The van der Waals surface area contributed by atoms with Gasteiger partial charge in [-0.05, 0) is 28.7 Å². The molecule has 0 aliphatic heterocycles. The molecular weight excluding hydrogens is 198 g/mol. The molecule has 0 saturated heterocycles. The summed E-state index contributed by atoms with van der Waals surface area (Å²) in [4.78, 5) is 11.1. The van der Waals surface area contributed by atoms with E-state index in [4.69, 9.17) is 5.73 Å². The van der Waals surface area contributed by atoms with E-state index >= 15 is 0 Å². The second-order valence-corrected chi connectivity index (χ2v) is 4.42. The lowest BCUT2D eigenvalue weighted by molar-refractivity contribution is -0.119. The number of hydrogen-bond acceptors (Lipinski definition) is 1. The first kappa shape index (κ1) is 9.40. The van der Waals surface area contributed by atoms with Crippen LogP contribution in [0, 0.1) is 5.92 Å². The predicted molar refractivity (Wildman–Crippen MR) is 64.0 cm³/mol. The Morgan fingerprint density at radius 3 is 2.62 bits per heavy atom. The van der Waals surface area contributed by atoms with Gasteiger partial charge < -0.3 is 5.73 Å². The summed E-state index contributed by atoms with van der Waals surface area (Å²) in [5, 5.41) is 2.48. The van der Waals surface area contributed by atoms with E-state index in [-0.39, 0.29) is 11.8 Å². The van der Waals surface area contributed by atoms with Crippen LogP contribution in [-0.4, -0.2) is 5.91 Å². The summed E-state index contributed by atoms with van der Waals surface area (Å²) >= 11 is 0. The van der Waals surface area contributed by atoms with Crippen LogP contribution in [0.4, 0.5) is 0 Å². The molecule has 1 amide bonds. The van der Waals surface area contributed by atoms with Crippen LogP contribution >= 0.6 is 0 Å². The molecule has 3 rings (SSSR count). The van der Waals surface area contributed by atoms with Gasteiger partial charge in [-0.3, -0.25) is 4.79 Å². The molecule has 0 radical (unpaired) electrons. The Labute approximate surface area is 94.1 Å². The number of rotatable bonds is 2. The zero-order valence-electron chi connectivity index (χ0n) is 8.89. The maximum absolute atomic E-state index is 11.1. The summed E-state index contributed by atoms with van der Waals surface area (Å²) in [5.74, 6) is 0.215. The number of nitrogens with two attached hydrogens (primary N) is 1. The third kappa shape index (κ3) is 1.38. The van der Waals surface area contributed by atoms with E-state index in [2.05, 4.69) is 24.3 Å². The summed E-state index contributed by atoms with van der Waals surface area (Å²) in [7, 11) is 0. The summed E-state index contributed by atoms with van der Waals surface area (Å²) in [5.41, 5.74) is 6.60. The Morgan fingerprint density at radius 2 is 1.88 bits per heavy atom. The van der Waals surface area contributed by atoms with E-state index in [1.165, 1.54) is 16.3 Å². The van der Waals surface area contributed by atoms with Crippen LogP contribution in [0.15, 0.2) is 42.5 Å². The van der Waals surface area contributed by atoms with Crippen molar-refractivity contribution < 1.29 is 4.79 Å². The van der Waals surface area contributed by atoms with Crippen molar-refractivity contribution in [3.05, 3.63) is 48.0 Å².